The summed E-state index contributed by atoms with van der Waals surface area (Å²) in [7, 11) is 0. The van der Waals surface area contributed by atoms with Gasteiger partial charge in [0.15, 0.2) is 0 Å². The number of alkyl halides is 3. The molecule has 0 aliphatic rings. The Balaban J connectivity index is 2.07. The van der Waals surface area contributed by atoms with Crippen molar-refractivity contribution in [2.24, 2.45) is 0 Å². The minimum atomic E-state index is -4.33. The average molecular weight is 338 g/mol. The van der Waals surface area contributed by atoms with E-state index in [0.717, 1.165) is 11.3 Å². The van der Waals surface area contributed by atoms with Gasteiger partial charge in [-0.25, -0.2) is 4.39 Å². The molecule has 21 heavy (non-hydrogen) atoms. The summed E-state index contributed by atoms with van der Waals surface area (Å²) in [5.41, 5.74) is 1.42. The van der Waals surface area contributed by atoms with E-state index in [0.29, 0.717) is 4.70 Å². The minimum Gasteiger partial charge on any atom is -0.397 e. The molecule has 1 amide bonds. The summed E-state index contributed by atoms with van der Waals surface area (Å²) in [5, 5.41) is 2.51. The van der Waals surface area contributed by atoms with Crippen molar-refractivity contribution in [3.63, 3.8) is 0 Å². The van der Waals surface area contributed by atoms with Crippen molar-refractivity contribution in [1.29, 1.82) is 0 Å². The maximum Gasteiger partial charge on any atom is 0.441 e. The first kappa shape index (κ1) is 15.9. The highest BCUT2D eigenvalue weighted by Gasteiger charge is 2.27. The number of fused-ring (bicyclic) bond motifs is 1. The molecule has 0 bridgehead atoms. The lowest BCUT2D eigenvalue weighted by atomic mass is 10.2. The average Bonchev–Trinajstić information content (AvgIpc) is 2.72. The van der Waals surface area contributed by atoms with Gasteiger partial charge in [-0.3, -0.25) is 4.79 Å². The van der Waals surface area contributed by atoms with Crippen LogP contribution in [-0.2, 0) is 0 Å². The normalized spacial score (nSPS) is 11.8. The van der Waals surface area contributed by atoms with Crippen LogP contribution >= 0.6 is 23.1 Å². The summed E-state index contributed by atoms with van der Waals surface area (Å²) in [4.78, 5) is 12.0. The van der Waals surface area contributed by atoms with Gasteiger partial charge in [0.25, 0.3) is 5.91 Å². The van der Waals surface area contributed by atoms with Crippen LogP contribution in [0, 0.1) is 5.82 Å². The number of amides is 1. The molecule has 0 saturated heterocycles. The number of carbonyl (C=O) groups is 1. The largest absolute Gasteiger partial charge is 0.441 e. The van der Waals surface area contributed by atoms with E-state index in [1.54, 1.807) is 6.07 Å². The lowest BCUT2D eigenvalue weighted by Gasteiger charge is -2.06. The predicted octanol–water partition coefficient (Wildman–Crippen LogP) is 3.61. The predicted molar refractivity (Wildman–Crippen MR) is 77.0 cm³/mol. The van der Waals surface area contributed by atoms with E-state index in [9.17, 15) is 22.4 Å². The van der Waals surface area contributed by atoms with Crippen molar-refractivity contribution < 1.29 is 22.4 Å². The quantitative estimate of drug-likeness (QED) is 0.661. The number of carbonyl (C=O) groups excluding carboxylic acids is 1. The zero-order valence-corrected chi connectivity index (χ0v) is 12.1. The summed E-state index contributed by atoms with van der Waals surface area (Å²) in [6, 6.07) is 4.35. The number of hydrogen-bond acceptors (Lipinski definition) is 4. The molecule has 1 heterocycles. The first-order valence-corrected chi connectivity index (χ1v) is 7.55. The highest BCUT2D eigenvalue weighted by atomic mass is 32.2. The third kappa shape index (κ3) is 3.79. The number of nitrogens with one attached hydrogen (secondary N) is 1. The Morgan fingerprint density at radius 2 is 2.10 bits per heavy atom. The van der Waals surface area contributed by atoms with Crippen LogP contribution in [0.5, 0.6) is 0 Å². The number of rotatable bonds is 4. The number of benzene rings is 1. The van der Waals surface area contributed by atoms with Crippen molar-refractivity contribution >= 4 is 44.8 Å². The Hall–Kier alpha value is -1.48. The van der Waals surface area contributed by atoms with Crippen molar-refractivity contribution in [1.82, 2.24) is 5.32 Å². The fourth-order valence-electron chi connectivity index (χ4n) is 1.71. The topological polar surface area (TPSA) is 55.1 Å². The van der Waals surface area contributed by atoms with Crippen LogP contribution in [0.15, 0.2) is 18.2 Å². The molecular weight excluding hydrogens is 328 g/mol. The van der Waals surface area contributed by atoms with Crippen molar-refractivity contribution in [2.75, 3.05) is 18.0 Å². The lowest BCUT2D eigenvalue weighted by Crippen LogP contribution is -2.26. The highest BCUT2D eigenvalue weighted by Crippen LogP contribution is 2.35. The molecule has 0 saturated carbocycles. The van der Waals surface area contributed by atoms with Gasteiger partial charge in [-0.2, -0.15) is 13.2 Å². The van der Waals surface area contributed by atoms with E-state index >= 15 is 0 Å². The second-order valence-electron chi connectivity index (χ2n) is 4.01. The molecule has 9 heteroatoms. The second-order valence-corrected chi connectivity index (χ2v) is 6.22. The molecule has 114 valence electrons. The lowest BCUT2D eigenvalue weighted by molar-refractivity contribution is -0.0327. The summed E-state index contributed by atoms with van der Waals surface area (Å²) < 4.78 is 50.0. The Bertz CT molecular complexity index is 669. The van der Waals surface area contributed by atoms with E-state index < -0.39 is 17.2 Å². The smallest absolute Gasteiger partial charge is 0.397 e. The third-order valence-corrected chi connectivity index (χ3v) is 4.47. The zero-order valence-electron chi connectivity index (χ0n) is 10.5. The fourth-order valence-corrected chi connectivity index (χ4v) is 3.20. The zero-order chi connectivity index (χ0) is 15.6. The van der Waals surface area contributed by atoms with E-state index in [-0.39, 0.29) is 40.0 Å². The van der Waals surface area contributed by atoms with Gasteiger partial charge >= 0.3 is 5.51 Å². The number of nitrogen functional groups attached to an aromatic ring is 1. The van der Waals surface area contributed by atoms with Crippen LogP contribution in [0.25, 0.3) is 10.1 Å². The van der Waals surface area contributed by atoms with Crippen LogP contribution in [0.3, 0.4) is 0 Å². The van der Waals surface area contributed by atoms with E-state index in [2.05, 4.69) is 5.32 Å². The Morgan fingerprint density at radius 3 is 2.71 bits per heavy atom. The maximum atomic E-state index is 13.6. The molecule has 0 spiro atoms. The van der Waals surface area contributed by atoms with Gasteiger partial charge < -0.3 is 11.1 Å². The molecule has 3 nitrogen and oxygen atoms in total. The molecule has 0 aliphatic carbocycles. The second kappa shape index (κ2) is 6.10. The van der Waals surface area contributed by atoms with Gasteiger partial charge in [0.05, 0.1) is 11.1 Å². The molecule has 3 N–H and O–H groups in total. The number of thioether (sulfide) groups is 1. The van der Waals surface area contributed by atoms with Gasteiger partial charge in [-0.1, -0.05) is 6.07 Å². The molecule has 0 fully saturated rings. The summed E-state index contributed by atoms with van der Waals surface area (Å²) in [6.07, 6.45) is 0. The Kier molecular flexibility index (Phi) is 4.62. The van der Waals surface area contributed by atoms with Gasteiger partial charge in [0, 0.05) is 17.0 Å². The fraction of sp³-hybridized carbons (Fsp3) is 0.250. The number of anilines is 1. The van der Waals surface area contributed by atoms with Crippen LogP contribution in [0.4, 0.5) is 23.2 Å². The summed E-state index contributed by atoms with van der Waals surface area (Å²) in [6.45, 7) is -0.154. The number of thiophene rings is 1. The molecule has 1 aromatic heterocycles. The van der Waals surface area contributed by atoms with Gasteiger partial charge in [-0.15, -0.1) is 11.3 Å². The van der Waals surface area contributed by atoms with Crippen LogP contribution in [-0.4, -0.2) is 23.7 Å². The molecule has 0 unspecified atom stereocenters. The molecule has 0 radical (unpaired) electrons. The van der Waals surface area contributed by atoms with Gasteiger partial charge in [0.2, 0.25) is 0 Å². The van der Waals surface area contributed by atoms with E-state index in [1.165, 1.54) is 12.1 Å². The first-order chi connectivity index (χ1) is 9.79. The molecule has 1 aromatic carbocycles. The SMILES string of the molecule is Nc1c(C(=O)NCCSC(F)(F)F)sc2cccc(F)c12. The number of halogens is 4. The summed E-state index contributed by atoms with van der Waals surface area (Å²) >= 11 is 0.784. The standard InChI is InChI=1S/C12H10F4N2OS2/c13-6-2-1-3-7-8(6)9(17)10(21-7)11(19)18-4-5-20-12(14,15)16/h1-3H,4-5,17H2,(H,18,19). The first-order valence-electron chi connectivity index (χ1n) is 5.75. The van der Waals surface area contributed by atoms with Crippen molar-refractivity contribution in [3.8, 4) is 0 Å². The monoisotopic (exact) mass is 338 g/mol. The van der Waals surface area contributed by atoms with Crippen LogP contribution < -0.4 is 11.1 Å². The maximum absolute atomic E-state index is 13.6. The van der Waals surface area contributed by atoms with Crippen LogP contribution in [0.2, 0.25) is 0 Å². The van der Waals surface area contributed by atoms with Gasteiger partial charge in [-0.05, 0) is 23.9 Å². The highest BCUT2D eigenvalue weighted by molar-refractivity contribution is 8.00. The Labute approximate surface area is 125 Å². The van der Waals surface area contributed by atoms with E-state index in [1.807, 2.05) is 0 Å². The Morgan fingerprint density at radius 1 is 1.38 bits per heavy atom. The van der Waals surface area contributed by atoms with Crippen LogP contribution in [0.1, 0.15) is 9.67 Å². The third-order valence-electron chi connectivity index (χ3n) is 2.56. The molecular formula is C12H10F4N2OS2. The summed E-state index contributed by atoms with van der Waals surface area (Å²) in [5.74, 6) is -1.43. The molecule has 0 atom stereocenters. The molecule has 2 aromatic rings. The minimum absolute atomic E-state index is 0.00840. The molecule has 2 rings (SSSR count). The van der Waals surface area contributed by atoms with Crippen molar-refractivity contribution in [3.05, 3.63) is 28.9 Å². The van der Waals surface area contributed by atoms with Gasteiger partial charge in [0.1, 0.15) is 10.7 Å². The van der Waals surface area contributed by atoms with E-state index in [4.69, 9.17) is 5.73 Å². The molecule has 0 aliphatic heterocycles. The number of hydrogen-bond donors (Lipinski definition) is 2. The number of nitrogens with two attached hydrogens (primary N) is 1. The van der Waals surface area contributed by atoms with Crippen molar-refractivity contribution in [2.45, 2.75) is 5.51 Å².